The van der Waals surface area contributed by atoms with E-state index in [4.69, 9.17) is 0 Å². The van der Waals surface area contributed by atoms with Gasteiger partial charge in [0.25, 0.3) is 0 Å². The average Bonchev–Trinajstić information content (AvgIpc) is 3.35. The van der Waals surface area contributed by atoms with Gasteiger partial charge in [0.2, 0.25) is 0 Å². The summed E-state index contributed by atoms with van der Waals surface area (Å²) < 4.78 is 0. The Kier molecular flexibility index (Phi) is 4.18. The highest BCUT2D eigenvalue weighted by atomic mass is 16.2. The molecule has 3 aromatic rings. The van der Waals surface area contributed by atoms with Gasteiger partial charge in [-0.15, -0.1) is 0 Å². The Hall–Kier alpha value is -2.75. The van der Waals surface area contributed by atoms with E-state index in [0.717, 1.165) is 24.8 Å². The second kappa shape index (κ2) is 6.63. The maximum Gasteiger partial charge on any atom is 0.314 e. The summed E-state index contributed by atoms with van der Waals surface area (Å²) in [6, 6.07) is 18.6. The molecule has 128 valence electrons. The molecule has 0 saturated heterocycles. The van der Waals surface area contributed by atoms with E-state index in [1.165, 1.54) is 16.5 Å². The van der Waals surface area contributed by atoms with E-state index >= 15 is 0 Å². The number of H-pyrrole nitrogens is 1. The molecule has 4 nitrogen and oxygen atoms in total. The molecule has 1 aromatic heterocycles. The highest BCUT2D eigenvalue weighted by molar-refractivity contribution is 5.83. The summed E-state index contributed by atoms with van der Waals surface area (Å²) in [4.78, 5) is 15.4. The molecule has 1 aliphatic rings. The Morgan fingerprint density at radius 2 is 1.76 bits per heavy atom. The van der Waals surface area contributed by atoms with Crippen molar-refractivity contribution >= 4 is 16.9 Å². The fourth-order valence-electron chi connectivity index (χ4n) is 3.47. The van der Waals surface area contributed by atoms with E-state index < -0.39 is 0 Å². The van der Waals surface area contributed by atoms with Gasteiger partial charge in [0, 0.05) is 35.6 Å². The van der Waals surface area contributed by atoms with Gasteiger partial charge in [-0.3, -0.25) is 0 Å². The van der Waals surface area contributed by atoms with E-state index in [1.807, 2.05) is 24.4 Å². The van der Waals surface area contributed by atoms with E-state index in [9.17, 15) is 4.79 Å². The third-order valence-electron chi connectivity index (χ3n) is 5.18. The molecule has 0 bridgehead atoms. The summed E-state index contributed by atoms with van der Waals surface area (Å²) in [6.45, 7) is 1.34. The lowest BCUT2D eigenvalue weighted by Crippen LogP contribution is -2.40. The van der Waals surface area contributed by atoms with E-state index in [0.29, 0.717) is 13.1 Å². The van der Waals surface area contributed by atoms with Crippen LogP contribution in [0.25, 0.3) is 10.9 Å². The molecule has 25 heavy (non-hydrogen) atoms. The van der Waals surface area contributed by atoms with Gasteiger partial charge < -0.3 is 15.6 Å². The van der Waals surface area contributed by atoms with Gasteiger partial charge in [0.15, 0.2) is 0 Å². The molecule has 2 amide bonds. The lowest BCUT2D eigenvalue weighted by Gasteiger charge is -2.17. The first kappa shape index (κ1) is 15.8. The van der Waals surface area contributed by atoms with Crippen LogP contribution in [0.2, 0.25) is 0 Å². The van der Waals surface area contributed by atoms with Crippen molar-refractivity contribution in [2.75, 3.05) is 13.1 Å². The summed E-state index contributed by atoms with van der Waals surface area (Å²) in [5.41, 5.74) is 3.85. The molecular formula is C21H23N3O. The third-order valence-corrected chi connectivity index (χ3v) is 5.18. The lowest BCUT2D eigenvalue weighted by atomic mass is 9.96. The van der Waals surface area contributed by atoms with Crippen LogP contribution in [-0.2, 0) is 11.8 Å². The Balaban J connectivity index is 1.26. The van der Waals surface area contributed by atoms with E-state index in [1.54, 1.807) is 0 Å². The molecule has 0 radical (unpaired) electrons. The fourth-order valence-corrected chi connectivity index (χ4v) is 3.47. The minimum absolute atomic E-state index is 0.0814. The van der Waals surface area contributed by atoms with Gasteiger partial charge in [0.05, 0.1) is 0 Å². The SMILES string of the molecule is O=C(NCCc1c[nH]c2ccccc12)NCC1(c2ccccc2)CC1. The highest BCUT2D eigenvalue weighted by Crippen LogP contribution is 2.47. The van der Waals surface area contributed by atoms with E-state index in [2.05, 4.69) is 52.0 Å². The second-order valence-corrected chi connectivity index (χ2v) is 6.87. The van der Waals surface area contributed by atoms with Crippen LogP contribution in [0.5, 0.6) is 0 Å². The summed E-state index contributed by atoms with van der Waals surface area (Å²) in [7, 11) is 0. The predicted octanol–water partition coefficient (Wildman–Crippen LogP) is 3.74. The molecule has 4 heteroatoms. The van der Waals surface area contributed by atoms with Crippen LogP contribution < -0.4 is 10.6 Å². The van der Waals surface area contributed by atoms with Crippen molar-refractivity contribution in [3.05, 3.63) is 71.9 Å². The summed E-state index contributed by atoms with van der Waals surface area (Å²) in [6.07, 6.45) is 5.14. The van der Waals surface area contributed by atoms with Crippen LogP contribution in [0, 0.1) is 0 Å². The number of aromatic amines is 1. The highest BCUT2D eigenvalue weighted by Gasteiger charge is 2.44. The van der Waals surface area contributed by atoms with Crippen LogP contribution in [0.15, 0.2) is 60.8 Å². The smallest absolute Gasteiger partial charge is 0.314 e. The van der Waals surface area contributed by atoms with Crippen LogP contribution in [0.1, 0.15) is 24.0 Å². The molecule has 0 unspecified atom stereocenters. The topological polar surface area (TPSA) is 56.9 Å². The Morgan fingerprint density at radius 1 is 1.00 bits per heavy atom. The maximum absolute atomic E-state index is 12.1. The zero-order chi connectivity index (χ0) is 17.1. The largest absolute Gasteiger partial charge is 0.361 e. The standard InChI is InChI=1S/C21H23N3O/c25-20(24-15-21(11-12-21)17-6-2-1-3-7-17)22-13-10-16-14-23-19-9-5-4-8-18(16)19/h1-9,14,23H,10-13,15H2,(H2,22,24,25). The minimum atomic E-state index is -0.0814. The molecule has 1 fully saturated rings. The molecule has 0 aliphatic heterocycles. The number of rotatable bonds is 6. The lowest BCUT2D eigenvalue weighted by molar-refractivity contribution is 0.240. The normalized spacial score (nSPS) is 15.0. The summed E-state index contributed by atoms with van der Waals surface area (Å²) >= 11 is 0. The summed E-state index contributed by atoms with van der Waals surface area (Å²) in [5, 5.41) is 7.24. The number of benzene rings is 2. The van der Waals surface area contributed by atoms with E-state index in [-0.39, 0.29) is 11.4 Å². The van der Waals surface area contributed by atoms with Crippen LogP contribution >= 0.6 is 0 Å². The molecule has 1 saturated carbocycles. The number of fused-ring (bicyclic) bond motifs is 1. The van der Waals surface area contributed by atoms with Gasteiger partial charge in [-0.1, -0.05) is 48.5 Å². The van der Waals surface area contributed by atoms with Crippen molar-refractivity contribution in [1.29, 1.82) is 0 Å². The van der Waals surface area contributed by atoms with Crippen LogP contribution in [0.4, 0.5) is 4.79 Å². The van der Waals surface area contributed by atoms with Gasteiger partial charge in [-0.25, -0.2) is 4.79 Å². The molecule has 2 aromatic carbocycles. The van der Waals surface area contributed by atoms with Crippen molar-refractivity contribution < 1.29 is 4.79 Å². The van der Waals surface area contributed by atoms with Crippen LogP contribution in [-0.4, -0.2) is 24.1 Å². The first-order chi connectivity index (χ1) is 12.3. The van der Waals surface area contributed by atoms with Crippen molar-refractivity contribution in [3.63, 3.8) is 0 Å². The molecule has 3 N–H and O–H groups in total. The predicted molar refractivity (Wildman–Crippen MR) is 101 cm³/mol. The molecular weight excluding hydrogens is 310 g/mol. The first-order valence-electron chi connectivity index (χ1n) is 8.89. The number of carbonyl (C=O) groups is 1. The number of hydrogen-bond acceptors (Lipinski definition) is 1. The minimum Gasteiger partial charge on any atom is -0.361 e. The van der Waals surface area contributed by atoms with Gasteiger partial charge in [-0.2, -0.15) is 0 Å². The van der Waals surface area contributed by atoms with Crippen molar-refractivity contribution in [2.45, 2.75) is 24.7 Å². The monoisotopic (exact) mass is 333 g/mol. The molecule has 1 heterocycles. The number of aromatic nitrogens is 1. The zero-order valence-electron chi connectivity index (χ0n) is 14.2. The molecule has 1 aliphatic carbocycles. The van der Waals surface area contributed by atoms with Crippen molar-refractivity contribution in [2.24, 2.45) is 0 Å². The number of hydrogen-bond donors (Lipinski definition) is 3. The number of nitrogens with one attached hydrogen (secondary N) is 3. The third kappa shape index (κ3) is 3.38. The van der Waals surface area contributed by atoms with Gasteiger partial charge in [0.1, 0.15) is 0 Å². The quantitative estimate of drug-likeness (QED) is 0.632. The Morgan fingerprint density at radius 3 is 2.56 bits per heavy atom. The molecule has 0 atom stereocenters. The molecule has 0 spiro atoms. The second-order valence-electron chi connectivity index (χ2n) is 6.87. The van der Waals surface area contributed by atoms with Crippen molar-refractivity contribution in [3.8, 4) is 0 Å². The number of amides is 2. The van der Waals surface area contributed by atoms with Gasteiger partial charge >= 0.3 is 6.03 Å². The van der Waals surface area contributed by atoms with Gasteiger partial charge in [-0.05, 0) is 36.5 Å². The number of urea groups is 1. The summed E-state index contributed by atoms with van der Waals surface area (Å²) in [5.74, 6) is 0. The first-order valence-corrected chi connectivity index (χ1v) is 8.89. The zero-order valence-corrected chi connectivity index (χ0v) is 14.2. The number of carbonyl (C=O) groups excluding carboxylic acids is 1. The van der Waals surface area contributed by atoms with Crippen LogP contribution in [0.3, 0.4) is 0 Å². The average molecular weight is 333 g/mol. The Bertz CT molecular complexity index is 865. The number of para-hydroxylation sites is 1. The Labute approximate surface area is 147 Å². The van der Waals surface area contributed by atoms with Crippen molar-refractivity contribution in [1.82, 2.24) is 15.6 Å². The fraction of sp³-hybridized carbons (Fsp3) is 0.286. The maximum atomic E-state index is 12.1. The molecule has 4 rings (SSSR count).